The lowest BCUT2D eigenvalue weighted by Crippen LogP contribution is -2.15. The van der Waals surface area contributed by atoms with Crippen molar-refractivity contribution in [3.05, 3.63) is 87.0 Å². The van der Waals surface area contributed by atoms with Gasteiger partial charge in [-0.3, -0.25) is 14.9 Å². The lowest BCUT2D eigenvalue weighted by Gasteiger charge is -1.98. The number of rotatable bonds is 6. The zero-order chi connectivity index (χ0) is 21.1. The molecule has 0 saturated carbocycles. The summed E-state index contributed by atoms with van der Waals surface area (Å²) < 4.78 is 6.48. The van der Waals surface area contributed by atoms with Crippen LogP contribution in [-0.2, 0) is 0 Å². The number of carbonyl (C=O) groups is 1. The molecule has 7 nitrogen and oxygen atoms in total. The molecule has 4 aromatic rings. The van der Waals surface area contributed by atoms with Crippen molar-refractivity contribution >= 4 is 51.0 Å². The highest BCUT2D eigenvalue weighted by atomic mass is 32.2. The molecule has 2 heterocycles. The summed E-state index contributed by atoms with van der Waals surface area (Å²) in [6, 6.07) is 17.8. The number of aryl methyl sites for hydroxylation is 1. The van der Waals surface area contributed by atoms with E-state index in [1.807, 2.05) is 37.3 Å². The van der Waals surface area contributed by atoms with Crippen molar-refractivity contribution in [3.63, 3.8) is 0 Å². The minimum Gasteiger partial charge on any atom is -0.448 e. The van der Waals surface area contributed by atoms with E-state index in [9.17, 15) is 14.9 Å². The number of amides is 1. The molecule has 1 N–H and O–H groups in total. The van der Waals surface area contributed by atoms with Gasteiger partial charge in [0.25, 0.3) is 11.6 Å². The van der Waals surface area contributed by atoms with Crippen LogP contribution >= 0.6 is 23.1 Å². The Hall–Kier alpha value is -3.43. The smallest absolute Gasteiger partial charge is 0.281 e. The number of nitrogens with zero attached hydrogens (tertiary/aromatic N) is 2. The second-order valence-corrected chi connectivity index (χ2v) is 8.52. The number of fused-ring (bicyclic) bond motifs is 1. The average molecular weight is 438 g/mol. The van der Waals surface area contributed by atoms with Gasteiger partial charge in [-0.15, -0.1) is 11.3 Å². The van der Waals surface area contributed by atoms with Crippen LogP contribution in [-0.4, -0.2) is 17.0 Å². The van der Waals surface area contributed by atoms with Crippen molar-refractivity contribution in [2.24, 2.45) is 5.10 Å². The molecule has 0 bridgehead atoms. The number of hydrogen-bond donors (Lipinski definition) is 1. The Morgan fingerprint density at radius 1 is 1.17 bits per heavy atom. The molecule has 0 aliphatic carbocycles. The third kappa shape index (κ3) is 4.58. The molecular weight excluding hydrogens is 422 g/mol. The highest BCUT2D eigenvalue weighted by Gasteiger charge is 2.13. The normalized spacial score (nSPS) is 11.2. The largest absolute Gasteiger partial charge is 0.448 e. The fourth-order valence-corrected chi connectivity index (χ4v) is 4.36. The van der Waals surface area contributed by atoms with Gasteiger partial charge in [-0.05, 0) is 43.3 Å². The highest BCUT2D eigenvalue weighted by molar-refractivity contribution is 7.99. The predicted octanol–water partition coefficient (Wildman–Crippen LogP) is 5.63. The first-order valence-corrected chi connectivity index (χ1v) is 10.5. The quantitative estimate of drug-likeness (QED) is 0.240. The number of thiophene rings is 1. The number of furan rings is 1. The van der Waals surface area contributed by atoms with Crippen LogP contribution in [0.4, 0.5) is 5.69 Å². The molecule has 1 amide bonds. The molecule has 0 atom stereocenters. The fraction of sp³-hybridized carbons (Fsp3) is 0.0476. The van der Waals surface area contributed by atoms with Crippen LogP contribution in [0, 0.1) is 17.0 Å². The molecule has 9 heteroatoms. The maximum Gasteiger partial charge on any atom is 0.281 e. The van der Waals surface area contributed by atoms with Crippen LogP contribution in [0.2, 0.25) is 0 Å². The van der Waals surface area contributed by atoms with Gasteiger partial charge >= 0.3 is 0 Å². The lowest BCUT2D eigenvalue weighted by atomic mass is 10.2. The van der Waals surface area contributed by atoms with Crippen molar-refractivity contribution in [2.45, 2.75) is 16.9 Å². The van der Waals surface area contributed by atoms with E-state index < -0.39 is 10.8 Å². The Morgan fingerprint density at radius 3 is 2.73 bits per heavy atom. The first kappa shape index (κ1) is 19.9. The van der Waals surface area contributed by atoms with Gasteiger partial charge in [0.1, 0.15) is 5.76 Å². The van der Waals surface area contributed by atoms with Crippen LogP contribution in [0.5, 0.6) is 0 Å². The lowest BCUT2D eigenvalue weighted by molar-refractivity contribution is -0.384. The first-order chi connectivity index (χ1) is 14.5. The van der Waals surface area contributed by atoms with Gasteiger partial charge in [0.2, 0.25) is 0 Å². The monoisotopic (exact) mass is 437 g/mol. The Morgan fingerprint density at radius 2 is 1.97 bits per heavy atom. The van der Waals surface area contributed by atoms with E-state index in [1.165, 1.54) is 47.0 Å². The summed E-state index contributed by atoms with van der Waals surface area (Å²) in [5.41, 5.74) is 3.63. The van der Waals surface area contributed by atoms with Crippen LogP contribution in [0.15, 0.2) is 80.2 Å². The number of hydrazone groups is 1. The molecule has 0 unspecified atom stereocenters. The molecule has 0 fully saturated rings. The molecule has 0 radical (unpaired) electrons. The van der Waals surface area contributed by atoms with Crippen molar-refractivity contribution in [3.8, 4) is 0 Å². The zero-order valence-corrected chi connectivity index (χ0v) is 17.3. The van der Waals surface area contributed by atoms with E-state index in [4.69, 9.17) is 4.42 Å². The van der Waals surface area contributed by atoms with Gasteiger partial charge in [-0.2, -0.15) is 5.10 Å². The molecule has 0 aliphatic rings. The van der Waals surface area contributed by atoms with Crippen LogP contribution in [0.3, 0.4) is 0 Å². The highest BCUT2D eigenvalue weighted by Crippen LogP contribution is 2.30. The summed E-state index contributed by atoms with van der Waals surface area (Å²) in [6.07, 6.45) is 1.43. The number of nitro groups is 1. The van der Waals surface area contributed by atoms with Crippen LogP contribution in [0.25, 0.3) is 10.1 Å². The number of hydrogen-bond acceptors (Lipinski definition) is 7. The molecule has 2 aromatic carbocycles. The minimum atomic E-state index is -0.462. The van der Waals surface area contributed by atoms with Gasteiger partial charge in [0.05, 0.1) is 16.0 Å². The summed E-state index contributed by atoms with van der Waals surface area (Å²) in [6.45, 7) is 2.03. The Bertz CT molecular complexity index is 1260. The second-order valence-electron chi connectivity index (χ2n) is 6.36. The average Bonchev–Trinajstić information content (AvgIpc) is 3.35. The topological polar surface area (TPSA) is 97.7 Å². The van der Waals surface area contributed by atoms with Crippen molar-refractivity contribution < 1.29 is 14.1 Å². The molecule has 150 valence electrons. The standard InChI is InChI=1S/C21H15N3O4S2/c1-13-2-6-17(7-3-13)29-20-9-5-16(28-20)12-22-23-21(25)19-11-14-10-15(24(26)27)4-8-18(14)30-19/h2-12H,1H3,(H,23,25)/b22-12-. The third-order valence-electron chi connectivity index (χ3n) is 4.13. The predicted molar refractivity (Wildman–Crippen MR) is 118 cm³/mol. The molecule has 30 heavy (non-hydrogen) atoms. The van der Waals surface area contributed by atoms with Gasteiger partial charge in [0, 0.05) is 27.1 Å². The van der Waals surface area contributed by atoms with Crippen molar-refractivity contribution in [1.29, 1.82) is 0 Å². The van der Waals surface area contributed by atoms with E-state index in [1.54, 1.807) is 18.2 Å². The Kier molecular flexibility index (Phi) is 5.64. The van der Waals surface area contributed by atoms with Crippen molar-refractivity contribution in [1.82, 2.24) is 5.43 Å². The SMILES string of the molecule is Cc1ccc(Sc2ccc(/C=N\NC(=O)c3cc4cc([N+](=O)[O-])ccc4s3)o2)cc1. The Balaban J connectivity index is 1.39. The minimum absolute atomic E-state index is 0.0117. The van der Waals surface area contributed by atoms with E-state index in [0.29, 0.717) is 16.0 Å². The summed E-state index contributed by atoms with van der Waals surface area (Å²) in [4.78, 5) is 24.2. The fourth-order valence-electron chi connectivity index (χ4n) is 2.65. The van der Waals surface area contributed by atoms with Gasteiger partial charge < -0.3 is 4.42 Å². The van der Waals surface area contributed by atoms with Crippen molar-refractivity contribution in [2.75, 3.05) is 0 Å². The number of non-ortho nitro benzene ring substituents is 1. The number of benzene rings is 2. The van der Waals surface area contributed by atoms with E-state index in [-0.39, 0.29) is 5.69 Å². The van der Waals surface area contributed by atoms with Crippen LogP contribution < -0.4 is 5.43 Å². The second kappa shape index (κ2) is 8.52. The summed E-state index contributed by atoms with van der Waals surface area (Å²) >= 11 is 2.74. The zero-order valence-electron chi connectivity index (χ0n) is 15.7. The van der Waals surface area contributed by atoms with Gasteiger partial charge in [-0.25, -0.2) is 5.43 Å². The van der Waals surface area contributed by atoms with E-state index in [2.05, 4.69) is 10.5 Å². The number of carbonyl (C=O) groups excluding carboxylic acids is 1. The van der Waals surface area contributed by atoms with E-state index in [0.717, 1.165) is 14.7 Å². The summed E-state index contributed by atoms with van der Waals surface area (Å²) in [5, 5.41) is 16.2. The summed E-state index contributed by atoms with van der Waals surface area (Å²) in [5.74, 6) is 0.118. The first-order valence-electron chi connectivity index (χ1n) is 8.84. The summed E-state index contributed by atoms with van der Waals surface area (Å²) in [7, 11) is 0. The molecule has 4 rings (SSSR count). The maximum absolute atomic E-state index is 12.3. The number of nitro benzene ring substituents is 1. The molecule has 2 aromatic heterocycles. The molecule has 0 aliphatic heterocycles. The third-order valence-corrected chi connectivity index (χ3v) is 6.18. The van der Waals surface area contributed by atoms with Gasteiger partial charge in [-0.1, -0.05) is 29.5 Å². The molecule has 0 saturated heterocycles. The van der Waals surface area contributed by atoms with Crippen LogP contribution in [0.1, 0.15) is 21.0 Å². The molecule has 0 spiro atoms. The molecular formula is C21H15N3O4S2. The maximum atomic E-state index is 12.3. The van der Waals surface area contributed by atoms with Gasteiger partial charge in [0.15, 0.2) is 5.09 Å². The number of nitrogens with one attached hydrogen (secondary N) is 1. The van der Waals surface area contributed by atoms with E-state index >= 15 is 0 Å². The Labute approximate surface area is 179 Å².